The van der Waals surface area contributed by atoms with Crippen molar-refractivity contribution in [3.05, 3.63) is 30.4 Å². The number of H-pyrrole nitrogens is 1. The number of aromatic amines is 1. The number of fused-ring (bicyclic) bond motifs is 1. The third-order valence-corrected chi connectivity index (χ3v) is 4.99. The van der Waals surface area contributed by atoms with E-state index in [0.29, 0.717) is 0 Å². The Balaban J connectivity index is 2.21. The van der Waals surface area contributed by atoms with Gasteiger partial charge in [-0.15, -0.1) is 11.3 Å². The van der Waals surface area contributed by atoms with Crippen molar-refractivity contribution in [1.82, 2.24) is 15.0 Å². The van der Waals surface area contributed by atoms with Crippen LogP contribution in [-0.4, -0.2) is 15.0 Å². The molecule has 0 aromatic carbocycles. The zero-order valence-corrected chi connectivity index (χ0v) is 13.7. The Kier molecular flexibility index (Phi) is 3.10. The molecule has 0 unspecified atom stereocenters. The van der Waals surface area contributed by atoms with E-state index in [0.717, 1.165) is 34.6 Å². The third-order valence-electron chi connectivity index (χ3n) is 2.22. The predicted octanol–water partition coefficient (Wildman–Crippen LogP) is 4.97. The van der Waals surface area contributed by atoms with Gasteiger partial charge in [-0.1, -0.05) is 0 Å². The van der Waals surface area contributed by atoms with Gasteiger partial charge in [-0.05, 0) is 59.9 Å². The predicted molar refractivity (Wildman–Crippen MR) is 80.3 cm³/mol. The molecule has 3 rings (SSSR count). The topological polar surface area (TPSA) is 41.6 Å². The molecular weight excluding hydrogens is 434 g/mol. The van der Waals surface area contributed by atoms with Crippen molar-refractivity contribution in [2.45, 2.75) is 0 Å². The summed E-state index contributed by atoms with van der Waals surface area (Å²) in [5.74, 6) is 0.819. The molecule has 0 atom stereocenters. The molecule has 3 aromatic heterocycles. The van der Waals surface area contributed by atoms with Crippen LogP contribution in [0.3, 0.4) is 0 Å². The fourth-order valence-corrected chi connectivity index (χ4v) is 4.64. The highest BCUT2D eigenvalue weighted by atomic mass is 79.9. The van der Waals surface area contributed by atoms with Gasteiger partial charge in [0.15, 0.2) is 5.65 Å². The van der Waals surface area contributed by atoms with Crippen molar-refractivity contribution in [3.63, 3.8) is 0 Å². The van der Waals surface area contributed by atoms with Gasteiger partial charge in [0.25, 0.3) is 0 Å². The van der Waals surface area contributed by atoms with Crippen molar-refractivity contribution in [1.29, 1.82) is 0 Å². The summed E-state index contributed by atoms with van der Waals surface area (Å²) in [4.78, 5) is 12.0. The first-order chi connectivity index (χ1) is 8.13. The summed E-state index contributed by atoms with van der Waals surface area (Å²) < 4.78 is 3.04. The van der Waals surface area contributed by atoms with Crippen LogP contribution in [-0.2, 0) is 0 Å². The largest absolute Gasteiger partial charge is 0.336 e. The van der Waals surface area contributed by atoms with E-state index >= 15 is 0 Å². The minimum Gasteiger partial charge on any atom is -0.336 e. The molecule has 7 heteroatoms. The number of rotatable bonds is 1. The fraction of sp³-hybridized carbons (Fsp3) is 0. The minimum atomic E-state index is 0.720. The molecule has 0 bridgehead atoms. The van der Waals surface area contributed by atoms with E-state index in [9.17, 15) is 0 Å². The molecular formula is C10H4Br3N3S. The Labute approximate surface area is 126 Å². The average Bonchev–Trinajstić information content (AvgIpc) is 2.80. The van der Waals surface area contributed by atoms with Crippen LogP contribution in [0.5, 0.6) is 0 Å². The minimum absolute atomic E-state index is 0.720. The Morgan fingerprint density at radius 1 is 1.18 bits per heavy atom. The lowest BCUT2D eigenvalue weighted by Gasteiger charge is -1.90. The lowest BCUT2D eigenvalue weighted by atomic mass is 10.3. The molecule has 3 aromatic rings. The van der Waals surface area contributed by atoms with Gasteiger partial charge in [0, 0.05) is 16.2 Å². The third kappa shape index (κ3) is 2.21. The average molecular weight is 438 g/mol. The van der Waals surface area contributed by atoms with Crippen LogP contribution in [0.1, 0.15) is 0 Å². The van der Waals surface area contributed by atoms with E-state index in [4.69, 9.17) is 0 Å². The number of thiophene rings is 1. The highest BCUT2D eigenvalue weighted by molar-refractivity contribution is 9.12. The van der Waals surface area contributed by atoms with Crippen molar-refractivity contribution in [2.24, 2.45) is 0 Å². The second-order valence-corrected chi connectivity index (χ2v) is 8.01. The smallest absolute Gasteiger partial charge is 0.178 e. The van der Waals surface area contributed by atoms with Gasteiger partial charge in [0.2, 0.25) is 0 Å². The van der Waals surface area contributed by atoms with E-state index in [2.05, 4.69) is 62.7 Å². The van der Waals surface area contributed by atoms with E-state index in [-0.39, 0.29) is 0 Å². The Morgan fingerprint density at radius 3 is 2.71 bits per heavy atom. The Morgan fingerprint density at radius 2 is 2.00 bits per heavy atom. The van der Waals surface area contributed by atoms with Gasteiger partial charge in [0.1, 0.15) is 5.82 Å². The summed E-state index contributed by atoms with van der Waals surface area (Å²) in [6, 6.07) is 4.00. The van der Waals surface area contributed by atoms with Crippen LogP contribution in [0.15, 0.2) is 30.4 Å². The summed E-state index contributed by atoms with van der Waals surface area (Å²) in [5, 5.41) is 0. The zero-order chi connectivity index (χ0) is 12.0. The summed E-state index contributed by atoms with van der Waals surface area (Å²) in [5.41, 5.74) is 2.68. The first-order valence-corrected chi connectivity index (χ1v) is 7.79. The molecule has 0 aliphatic rings. The molecule has 0 aliphatic carbocycles. The lowest BCUT2D eigenvalue weighted by Crippen LogP contribution is -1.76. The molecule has 0 saturated heterocycles. The molecule has 0 aliphatic heterocycles. The van der Waals surface area contributed by atoms with Crippen molar-refractivity contribution >= 4 is 70.3 Å². The first-order valence-electron chi connectivity index (χ1n) is 4.60. The monoisotopic (exact) mass is 435 g/mol. The molecule has 3 nitrogen and oxygen atoms in total. The number of hydrogen-bond donors (Lipinski definition) is 1. The standard InChI is InChI=1S/C10H4Br3N3S/c11-4-1-6-10(14-3-4)16-9(15-6)5-2-7(12)17-8(5)13/h1-3H,(H,14,15,16). The maximum absolute atomic E-state index is 4.47. The maximum Gasteiger partial charge on any atom is 0.178 e. The number of nitrogens with zero attached hydrogens (tertiary/aromatic N) is 2. The lowest BCUT2D eigenvalue weighted by molar-refractivity contribution is 1.30. The normalized spacial score (nSPS) is 11.2. The Bertz CT molecular complexity index is 704. The SMILES string of the molecule is Brc1cnc2nc(-c3cc(Br)sc3Br)[nH]c2c1. The van der Waals surface area contributed by atoms with E-state index in [1.165, 1.54) is 0 Å². The van der Waals surface area contributed by atoms with Crippen LogP contribution in [0.4, 0.5) is 0 Å². The van der Waals surface area contributed by atoms with Crippen molar-refractivity contribution < 1.29 is 0 Å². The molecule has 0 spiro atoms. The van der Waals surface area contributed by atoms with Gasteiger partial charge in [0.05, 0.1) is 13.1 Å². The second-order valence-electron chi connectivity index (χ2n) is 3.35. The van der Waals surface area contributed by atoms with Crippen LogP contribution >= 0.6 is 59.1 Å². The number of nitrogens with one attached hydrogen (secondary N) is 1. The molecule has 0 radical (unpaired) electrons. The summed E-state index contributed by atoms with van der Waals surface area (Å²) in [6.07, 6.45) is 1.74. The number of halogens is 3. The van der Waals surface area contributed by atoms with Crippen LogP contribution in [0.25, 0.3) is 22.6 Å². The first kappa shape index (κ1) is 11.8. The highest BCUT2D eigenvalue weighted by Crippen LogP contribution is 2.37. The molecule has 3 heterocycles. The van der Waals surface area contributed by atoms with Gasteiger partial charge in [-0.25, -0.2) is 9.97 Å². The molecule has 17 heavy (non-hydrogen) atoms. The number of pyridine rings is 1. The van der Waals surface area contributed by atoms with Crippen molar-refractivity contribution in [2.75, 3.05) is 0 Å². The van der Waals surface area contributed by atoms with Gasteiger partial charge in [-0.3, -0.25) is 0 Å². The molecule has 0 fully saturated rings. The highest BCUT2D eigenvalue weighted by Gasteiger charge is 2.12. The van der Waals surface area contributed by atoms with Crippen LogP contribution in [0.2, 0.25) is 0 Å². The second kappa shape index (κ2) is 4.46. The fourth-order valence-electron chi connectivity index (χ4n) is 1.50. The van der Waals surface area contributed by atoms with Gasteiger partial charge < -0.3 is 4.98 Å². The number of aromatic nitrogens is 3. The van der Waals surface area contributed by atoms with E-state index in [1.807, 2.05) is 12.1 Å². The molecule has 1 N–H and O–H groups in total. The quantitative estimate of drug-likeness (QED) is 0.583. The van der Waals surface area contributed by atoms with Gasteiger partial charge in [-0.2, -0.15) is 0 Å². The zero-order valence-electron chi connectivity index (χ0n) is 8.17. The number of imidazole rings is 1. The Hall–Kier alpha value is -0.240. The molecule has 86 valence electrons. The van der Waals surface area contributed by atoms with Gasteiger partial charge >= 0.3 is 0 Å². The van der Waals surface area contributed by atoms with Crippen molar-refractivity contribution in [3.8, 4) is 11.4 Å². The summed E-state index contributed by atoms with van der Waals surface area (Å²) >= 11 is 12.0. The van der Waals surface area contributed by atoms with Crippen LogP contribution < -0.4 is 0 Å². The molecule has 0 amide bonds. The van der Waals surface area contributed by atoms with Crippen LogP contribution in [0, 0.1) is 0 Å². The summed E-state index contributed by atoms with van der Waals surface area (Å²) in [7, 11) is 0. The summed E-state index contributed by atoms with van der Waals surface area (Å²) in [6.45, 7) is 0. The van der Waals surface area contributed by atoms with E-state index in [1.54, 1.807) is 17.5 Å². The number of hydrogen-bond acceptors (Lipinski definition) is 3. The maximum atomic E-state index is 4.47. The van der Waals surface area contributed by atoms with E-state index < -0.39 is 0 Å². The molecule has 0 saturated carbocycles.